The number of unbranched alkanes of at least 4 members (excludes halogenated alkanes) is 1. The maximum atomic E-state index is 13.1. The first kappa shape index (κ1) is 16.3. The molecular formula is C21H22O3. The van der Waals surface area contributed by atoms with Gasteiger partial charge in [-0.05, 0) is 49.7 Å². The highest BCUT2D eigenvalue weighted by Gasteiger charge is 2.21. The molecule has 0 N–H and O–H groups in total. The average Bonchev–Trinajstić information content (AvgIpc) is 2.96. The lowest BCUT2D eigenvalue weighted by molar-refractivity contribution is 0.103. The van der Waals surface area contributed by atoms with Gasteiger partial charge in [0.1, 0.15) is 17.1 Å². The number of hydrogen-bond donors (Lipinski definition) is 0. The summed E-state index contributed by atoms with van der Waals surface area (Å²) in [4.78, 5) is 13.1. The van der Waals surface area contributed by atoms with Crippen LogP contribution in [0.15, 0.2) is 46.9 Å². The van der Waals surface area contributed by atoms with Crippen LogP contribution in [0, 0.1) is 6.92 Å². The molecule has 0 unspecified atom stereocenters. The van der Waals surface area contributed by atoms with Gasteiger partial charge >= 0.3 is 0 Å². The molecule has 0 aliphatic carbocycles. The highest BCUT2D eigenvalue weighted by Crippen LogP contribution is 2.30. The van der Waals surface area contributed by atoms with Crippen molar-refractivity contribution in [1.82, 2.24) is 0 Å². The van der Waals surface area contributed by atoms with E-state index in [9.17, 15) is 4.79 Å². The Morgan fingerprint density at radius 3 is 2.54 bits per heavy atom. The summed E-state index contributed by atoms with van der Waals surface area (Å²) in [6.07, 6.45) is 2.84. The van der Waals surface area contributed by atoms with E-state index in [-0.39, 0.29) is 5.78 Å². The van der Waals surface area contributed by atoms with Crippen LogP contribution in [0.1, 0.15) is 47.0 Å². The highest BCUT2D eigenvalue weighted by atomic mass is 16.5. The number of furan rings is 1. The van der Waals surface area contributed by atoms with Gasteiger partial charge < -0.3 is 9.15 Å². The van der Waals surface area contributed by atoms with E-state index in [1.165, 1.54) is 0 Å². The van der Waals surface area contributed by atoms with Crippen molar-refractivity contribution in [2.45, 2.75) is 33.1 Å². The Balaban J connectivity index is 2.10. The molecule has 3 nitrogen and oxygen atoms in total. The van der Waals surface area contributed by atoms with Crippen LogP contribution in [0.25, 0.3) is 11.0 Å². The molecule has 24 heavy (non-hydrogen) atoms. The fourth-order valence-electron chi connectivity index (χ4n) is 2.91. The van der Waals surface area contributed by atoms with Crippen LogP contribution in [-0.2, 0) is 6.42 Å². The lowest BCUT2D eigenvalue weighted by Gasteiger charge is -2.05. The van der Waals surface area contributed by atoms with Gasteiger partial charge in [0.05, 0.1) is 12.7 Å². The Morgan fingerprint density at radius 1 is 1.12 bits per heavy atom. The number of carbonyl (C=O) groups is 1. The number of methoxy groups -OCH3 is 1. The Morgan fingerprint density at radius 2 is 1.88 bits per heavy atom. The summed E-state index contributed by atoms with van der Waals surface area (Å²) in [6.45, 7) is 4.16. The minimum Gasteiger partial charge on any atom is -0.497 e. The van der Waals surface area contributed by atoms with Crippen molar-refractivity contribution in [2.75, 3.05) is 7.11 Å². The second kappa shape index (κ2) is 6.91. The minimum atomic E-state index is 0.00751. The molecule has 0 saturated carbocycles. The van der Waals surface area contributed by atoms with Crippen molar-refractivity contribution in [1.29, 1.82) is 0 Å². The van der Waals surface area contributed by atoms with Crippen LogP contribution in [0.5, 0.6) is 5.75 Å². The first-order chi connectivity index (χ1) is 11.6. The van der Waals surface area contributed by atoms with Gasteiger partial charge in [0.2, 0.25) is 0 Å². The number of carbonyl (C=O) groups excluding carboxylic acids is 1. The lowest BCUT2D eigenvalue weighted by Crippen LogP contribution is -2.04. The number of benzene rings is 2. The topological polar surface area (TPSA) is 39.4 Å². The van der Waals surface area contributed by atoms with Crippen molar-refractivity contribution >= 4 is 16.8 Å². The van der Waals surface area contributed by atoms with Crippen LogP contribution in [-0.4, -0.2) is 12.9 Å². The van der Waals surface area contributed by atoms with E-state index in [0.717, 1.165) is 47.3 Å². The third-order valence-corrected chi connectivity index (χ3v) is 4.25. The minimum absolute atomic E-state index is 0.00751. The van der Waals surface area contributed by atoms with Gasteiger partial charge in [-0.25, -0.2) is 0 Å². The predicted octanol–water partition coefficient (Wildman–Crippen LogP) is 5.32. The van der Waals surface area contributed by atoms with E-state index in [1.54, 1.807) is 19.2 Å². The van der Waals surface area contributed by atoms with Gasteiger partial charge in [-0.3, -0.25) is 4.79 Å². The Bertz CT molecular complexity index is 857. The number of ether oxygens (including phenoxy) is 1. The van der Waals surface area contributed by atoms with E-state index in [1.807, 2.05) is 37.3 Å². The summed E-state index contributed by atoms with van der Waals surface area (Å²) in [7, 11) is 1.62. The van der Waals surface area contributed by atoms with Gasteiger partial charge in [0.15, 0.2) is 5.78 Å². The monoisotopic (exact) mass is 322 g/mol. The molecular weight excluding hydrogens is 300 g/mol. The van der Waals surface area contributed by atoms with Crippen molar-refractivity contribution in [3.63, 3.8) is 0 Å². The molecule has 0 aliphatic heterocycles. The van der Waals surface area contributed by atoms with Crippen LogP contribution >= 0.6 is 0 Å². The average molecular weight is 322 g/mol. The number of rotatable bonds is 6. The number of hydrogen-bond acceptors (Lipinski definition) is 3. The predicted molar refractivity (Wildman–Crippen MR) is 96.0 cm³/mol. The third kappa shape index (κ3) is 3.07. The molecule has 1 aromatic heterocycles. The lowest BCUT2D eigenvalue weighted by atomic mass is 9.97. The second-order valence-electron chi connectivity index (χ2n) is 6.06. The first-order valence-corrected chi connectivity index (χ1v) is 8.34. The maximum Gasteiger partial charge on any atom is 0.197 e. The van der Waals surface area contributed by atoms with E-state index >= 15 is 0 Å². The van der Waals surface area contributed by atoms with Gasteiger partial charge in [0, 0.05) is 17.4 Å². The molecule has 0 saturated heterocycles. The summed E-state index contributed by atoms with van der Waals surface area (Å²) in [5.41, 5.74) is 3.25. The Kier molecular flexibility index (Phi) is 4.70. The van der Waals surface area contributed by atoms with Crippen LogP contribution in [0.3, 0.4) is 0 Å². The molecule has 124 valence electrons. The van der Waals surface area contributed by atoms with Crippen LogP contribution in [0.2, 0.25) is 0 Å². The van der Waals surface area contributed by atoms with E-state index < -0.39 is 0 Å². The summed E-state index contributed by atoms with van der Waals surface area (Å²) >= 11 is 0. The first-order valence-electron chi connectivity index (χ1n) is 8.34. The molecule has 0 spiro atoms. The standard InChI is InChI=1S/C21H22O3/c1-4-5-6-19-20(17-13-14(2)7-12-18(17)24-19)21(22)15-8-10-16(23-3)11-9-15/h7-13H,4-6H2,1-3H3. The number of fused-ring (bicyclic) bond motifs is 1. The molecule has 3 rings (SSSR count). The number of ketones is 1. The van der Waals surface area contributed by atoms with Gasteiger partial charge in [0.25, 0.3) is 0 Å². The smallest absolute Gasteiger partial charge is 0.197 e. The molecule has 0 aliphatic rings. The van der Waals surface area contributed by atoms with E-state index in [0.29, 0.717) is 11.1 Å². The van der Waals surface area contributed by atoms with Crippen molar-refractivity contribution in [3.8, 4) is 5.75 Å². The van der Waals surface area contributed by atoms with Crippen LogP contribution in [0.4, 0.5) is 0 Å². The highest BCUT2D eigenvalue weighted by molar-refractivity contribution is 6.17. The SMILES string of the molecule is CCCCc1oc2ccc(C)cc2c1C(=O)c1ccc(OC)cc1. The normalized spacial score (nSPS) is 11.0. The van der Waals surface area contributed by atoms with Gasteiger partial charge in [-0.15, -0.1) is 0 Å². The molecule has 0 radical (unpaired) electrons. The van der Waals surface area contributed by atoms with Crippen molar-refractivity contribution in [3.05, 3.63) is 64.9 Å². The quantitative estimate of drug-likeness (QED) is 0.576. The summed E-state index contributed by atoms with van der Waals surface area (Å²) in [5, 5.41) is 0.905. The molecule has 0 atom stereocenters. The molecule has 3 heteroatoms. The molecule has 0 fully saturated rings. The molecule has 1 heterocycles. The van der Waals surface area contributed by atoms with Gasteiger partial charge in [-0.1, -0.05) is 25.0 Å². The summed E-state index contributed by atoms with van der Waals surface area (Å²) < 4.78 is 11.2. The zero-order valence-electron chi connectivity index (χ0n) is 14.4. The van der Waals surface area contributed by atoms with Crippen LogP contribution < -0.4 is 4.74 Å². The Hall–Kier alpha value is -2.55. The zero-order valence-corrected chi connectivity index (χ0v) is 14.4. The van der Waals surface area contributed by atoms with Crippen molar-refractivity contribution in [2.24, 2.45) is 0 Å². The summed E-state index contributed by atoms with van der Waals surface area (Å²) in [5.74, 6) is 1.54. The molecule has 0 bridgehead atoms. The molecule has 0 amide bonds. The fraction of sp³-hybridized carbons (Fsp3) is 0.286. The maximum absolute atomic E-state index is 13.1. The Labute approximate surface area is 142 Å². The number of aryl methyl sites for hydroxylation is 2. The zero-order chi connectivity index (χ0) is 17.1. The molecule has 2 aromatic carbocycles. The fourth-order valence-corrected chi connectivity index (χ4v) is 2.91. The largest absolute Gasteiger partial charge is 0.497 e. The van der Waals surface area contributed by atoms with E-state index in [2.05, 4.69) is 6.92 Å². The third-order valence-electron chi connectivity index (χ3n) is 4.25. The van der Waals surface area contributed by atoms with Gasteiger partial charge in [-0.2, -0.15) is 0 Å². The van der Waals surface area contributed by atoms with E-state index in [4.69, 9.17) is 9.15 Å². The second-order valence-corrected chi connectivity index (χ2v) is 6.06. The van der Waals surface area contributed by atoms with Crippen molar-refractivity contribution < 1.29 is 13.9 Å². The molecule has 3 aromatic rings. The summed E-state index contributed by atoms with van der Waals surface area (Å²) in [6, 6.07) is 13.2.